The van der Waals surface area contributed by atoms with Gasteiger partial charge in [0.15, 0.2) is 0 Å². The summed E-state index contributed by atoms with van der Waals surface area (Å²) in [4.78, 5) is 11.9. The van der Waals surface area contributed by atoms with Gasteiger partial charge < -0.3 is 10.1 Å². The standard InChI is InChI=1S/C15H20N4O4S2/c1-5-23-11-8-6-10(7-9-11)19-25(21,22)14-18-17-13(24-14)16-12(20)15(2,3)4/h6-9,19H,5H2,1-4H3,(H,16,17,20). The summed E-state index contributed by atoms with van der Waals surface area (Å²) >= 11 is 0.785. The molecule has 0 atom stereocenters. The van der Waals surface area contributed by atoms with Gasteiger partial charge in [-0.3, -0.25) is 9.52 Å². The molecule has 2 rings (SSSR count). The number of rotatable bonds is 6. The molecule has 1 aromatic carbocycles. The quantitative estimate of drug-likeness (QED) is 0.741. The molecule has 0 radical (unpaired) electrons. The Morgan fingerprint density at radius 2 is 1.84 bits per heavy atom. The van der Waals surface area contributed by atoms with Gasteiger partial charge in [0, 0.05) is 11.1 Å². The van der Waals surface area contributed by atoms with Crippen molar-refractivity contribution in [1.29, 1.82) is 0 Å². The van der Waals surface area contributed by atoms with Crippen LogP contribution in [-0.2, 0) is 14.8 Å². The van der Waals surface area contributed by atoms with Crippen LogP contribution in [0.25, 0.3) is 0 Å². The monoisotopic (exact) mass is 384 g/mol. The Bertz CT molecular complexity index is 839. The molecular formula is C15H20N4O4S2. The topological polar surface area (TPSA) is 110 Å². The molecule has 136 valence electrons. The molecule has 0 saturated heterocycles. The fourth-order valence-electron chi connectivity index (χ4n) is 1.64. The van der Waals surface area contributed by atoms with Crippen LogP contribution in [0.5, 0.6) is 5.75 Å². The predicted molar refractivity (Wildman–Crippen MR) is 96.4 cm³/mol. The zero-order valence-corrected chi connectivity index (χ0v) is 16.0. The number of benzene rings is 1. The second-order valence-electron chi connectivity index (χ2n) is 6.14. The van der Waals surface area contributed by atoms with Gasteiger partial charge in [0.1, 0.15) is 5.75 Å². The van der Waals surface area contributed by atoms with E-state index >= 15 is 0 Å². The summed E-state index contributed by atoms with van der Waals surface area (Å²) in [5, 5.41) is 10.0. The second-order valence-corrected chi connectivity index (χ2v) is 8.97. The van der Waals surface area contributed by atoms with E-state index < -0.39 is 15.4 Å². The molecule has 0 unspecified atom stereocenters. The van der Waals surface area contributed by atoms with E-state index in [4.69, 9.17) is 4.74 Å². The Hall–Kier alpha value is -2.20. The van der Waals surface area contributed by atoms with Crippen molar-refractivity contribution in [3.05, 3.63) is 24.3 Å². The molecule has 1 heterocycles. The lowest BCUT2D eigenvalue weighted by Crippen LogP contribution is -2.27. The van der Waals surface area contributed by atoms with E-state index in [2.05, 4.69) is 20.2 Å². The normalized spacial score (nSPS) is 11.8. The molecule has 1 amide bonds. The average molecular weight is 384 g/mol. The van der Waals surface area contributed by atoms with Gasteiger partial charge in [-0.2, -0.15) is 8.42 Å². The first kappa shape index (κ1) is 19.1. The van der Waals surface area contributed by atoms with Gasteiger partial charge in [-0.1, -0.05) is 32.1 Å². The summed E-state index contributed by atoms with van der Waals surface area (Å²) in [5.41, 5.74) is -0.246. The van der Waals surface area contributed by atoms with Crippen molar-refractivity contribution in [2.24, 2.45) is 5.41 Å². The van der Waals surface area contributed by atoms with Crippen molar-refractivity contribution in [1.82, 2.24) is 10.2 Å². The fourth-order valence-corrected chi connectivity index (χ4v) is 3.59. The number of anilines is 2. The summed E-state index contributed by atoms with van der Waals surface area (Å²) in [6.07, 6.45) is 0. The van der Waals surface area contributed by atoms with Gasteiger partial charge >= 0.3 is 0 Å². The maximum absolute atomic E-state index is 12.4. The molecular weight excluding hydrogens is 364 g/mol. The van der Waals surface area contributed by atoms with Crippen LogP contribution in [0.3, 0.4) is 0 Å². The maximum Gasteiger partial charge on any atom is 0.291 e. The lowest BCUT2D eigenvalue weighted by molar-refractivity contribution is -0.123. The van der Waals surface area contributed by atoms with Gasteiger partial charge in [0.2, 0.25) is 11.0 Å². The molecule has 10 heteroatoms. The number of nitrogens with one attached hydrogen (secondary N) is 2. The van der Waals surface area contributed by atoms with Crippen LogP contribution < -0.4 is 14.8 Å². The third kappa shape index (κ3) is 5.13. The molecule has 0 aliphatic heterocycles. The Morgan fingerprint density at radius 1 is 1.20 bits per heavy atom. The third-order valence-corrected chi connectivity index (χ3v) is 5.54. The van der Waals surface area contributed by atoms with Crippen LogP contribution in [0.1, 0.15) is 27.7 Å². The van der Waals surface area contributed by atoms with Crippen molar-refractivity contribution >= 4 is 38.1 Å². The summed E-state index contributed by atoms with van der Waals surface area (Å²) in [7, 11) is -3.89. The number of nitrogens with zero attached hydrogens (tertiary/aromatic N) is 2. The van der Waals surface area contributed by atoms with Gasteiger partial charge in [0.05, 0.1) is 6.61 Å². The van der Waals surface area contributed by atoms with Crippen molar-refractivity contribution in [3.63, 3.8) is 0 Å². The van der Waals surface area contributed by atoms with E-state index in [1.165, 1.54) is 0 Å². The first-order chi connectivity index (χ1) is 11.6. The molecule has 0 spiro atoms. The number of carbonyl (C=O) groups excluding carboxylic acids is 1. The fraction of sp³-hybridized carbons (Fsp3) is 0.400. The van der Waals surface area contributed by atoms with Crippen molar-refractivity contribution in [2.75, 3.05) is 16.6 Å². The highest BCUT2D eigenvalue weighted by Gasteiger charge is 2.25. The van der Waals surface area contributed by atoms with Crippen LogP contribution in [0.4, 0.5) is 10.8 Å². The number of ether oxygens (including phenoxy) is 1. The van der Waals surface area contributed by atoms with Gasteiger partial charge in [-0.05, 0) is 31.2 Å². The molecule has 0 fully saturated rings. The van der Waals surface area contributed by atoms with E-state index in [0.29, 0.717) is 18.0 Å². The third-order valence-electron chi connectivity index (χ3n) is 2.96. The minimum Gasteiger partial charge on any atom is -0.494 e. The number of hydrogen-bond donors (Lipinski definition) is 2. The smallest absolute Gasteiger partial charge is 0.291 e. The van der Waals surface area contributed by atoms with E-state index in [1.807, 2.05) is 6.92 Å². The molecule has 2 N–H and O–H groups in total. The van der Waals surface area contributed by atoms with Crippen molar-refractivity contribution < 1.29 is 17.9 Å². The molecule has 8 nitrogen and oxygen atoms in total. The second kappa shape index (κ2) is 7.36. The minimum atomic E-state index is -3.89. The minimum absolute atomic E-state index is 0.131. The largest absolute Gasteiger partial charge is 0.494 e. The first-order valence-corrected chi connectivity index (χ1v) is 9.82. The highest BCUT2D eigenvalue weighted by atomic mass is 32.2. The molecule has 0 saturated carbocycles. The summed E-state index contributed by atoms with van der Waals surface area (Å²) in [6.45, 7) is 7.62. The molecule has 25 heavy (non-hydrogen) atoms. The maximum atomic E-state index is 12.4. The zero-order valence-electron chi connectivity index (χ0n) is 14.4. The van der Waals surface area contributed by atoms with E-state index in [-0.39, 0.29) is 15.4 Å². The zero-order chi connectivity index (χ0) is 18.7. The van der Waals surface area contributed by atoms with Crippen LogP contribution in [-0.4, -0.2) is 31.1 Å². The SMILES string of the molecule is CCOc1ccc(NS(=O)(=O)c2nnc(NC(=O)C(C)(C)C)s2)cc1. The molecule has 0 aliphatic carbocycles. The van der Waals surface area contributed by atoms with Gasteiger partial charge in [-0.15, -0.1) is 10.2 Å². The number of hydrogen-bond acceptors (Lipinski definition) is 7. The number of aromatic nitrogens is 2. The van der Waals surface area contributed by atoms with Gasteiger partial charge in [0.25, 0.3) is 14.4 Å². The average Bonchev–Trinajstić information content (AvgIpc) is 2.98. The summed E-state index contributed by atoms with van der Waals surface area (Å²) in [6, 6.07) is 6.50. The van der Waals surface area contributed by atoms with Crippen LogP contribution in [0, 0.1) is 5.41 Å². The van der Waals surface area contributed by atoms with E-state index in [0.717, 1.165) is 11.3 Å². The van der Waals surface area contributed by atoms with E-state index in [9.17, 15) is 13.2 Å². The Labute approximate surface area is 150 Å². The van der Waals surface area contributed by atoms with Crippen LogP contribution in [0.15, 0.2) is 28.6 Å². The van der Waals surface area contributed by atoms with Crippen molar-refractivity contribution in [3.8, 4) is 5.75 Å². The molecule has 0 bridgehead atoms. The summed E-state index contributed by atoms with van der Waals surface area (Å²) < 4.78 is 32.2. The first-order valence-electron chi connectivity index (χ1n) is 7.52. The van der Waals surface area contributed by atoms with E-state index in [1.54, 1.807) is 45.0 Å². The highest BCUT2D eigenvalue weighted by Crippen LogP contribution is 2.25. The number of amides is 1. The lowest BCUT2D eigenvalue weighted by Gasteiger charge is -2.15. The molecule has 0 aliphatic rings. The van der Waals surface area contributed by atoms with Crippen LogP contribution in [0.2, 0.25) is 0 Å². The highest BCUT2D eigenvalue weighted by molar-refractivity contribution is 7.94. The Morgan fingerprint density at radius 3 is 2.40 bits per heavy atom. The molecule has 1 aromatic heterocycles. The number of sulfonamides is 1. The lowest BCUT2D eigenvalue weighted by atomic mass is 9.96. The Kier molecular flexibility index (Phi) is 5.63. The molecule has 2 aromatic rings. The predicted octanol–water partition coefficient (Wildman–Crippen LogP) is 2.72. The van der Waals surface area contributed by atoms with Crippen LogP contribution >= 0.6 is 11.3 Å². The Balaban J connectivity index is 2.11. The number of carbonyl (C=O) groups is 1. The van der Waals surface area contributed by atoms with Crippen molar-refractivity contribution in [2.45, 2.75) is 32.0 Å². The van der Waals surface area contributed by atoms with Gasteiger partial charge in [-0.25, -0.2) is 0 Å². The summed E-state index contributed by atoms with van der Waals surface area (Å²) in [5.74, 6) is 0.376.